The molecule has 8 heteroatoms. The van der Waals surface area contributed by atoms with Gasteiger partial charge in [0.05, 0.1) is 13.7 Å². The van der Waals surface area contributed by atoms with E-state index in [-0.39, 0.29) is 11.9 Å². The Morgan fingerprint density at radius 1 is 1.55 bits per heavy atom. The Balaban J connectivity index is 2.04. The van der Waals surface area contributed by atoms with Crippen LogP contribution in [-0.2, 0) is 11.3 Å². The fourth-order valence-electron chi connectivity index (χ4n) is 2.90. The summed E-state index contributed by atoms with van der Waals surface area (Å²) in [7, 11) is 1.57. The molecule has 2 unspecified atom stereocenters. The zero-order valence-electron chi connectivity index (χ0n) is 11.9. The third-order valence-electron chi connectivity index (χ3n) is 3.87. The smallest absolute Gasteiger partial charge is 0.314 e. The number of carboxylic acids is 1. The summed E-state index contributed by atoms with van der Waals surface area (Å²) in [5.41, 5.74) is 6.47. The first-order valence-corrected chi connectivity index (χ1v) is 7.14. The molecule has 116 valence electrons. The van der Waals surface area contributed by atoms with Crippen molar-refractivity contribution in [2.24, 2.45) is 0 Å². The van der Waals surface area contributed by atoms with E-state index >= 15 is 0 Å². The predicted octanol–water partition coefficient (Wildman–Crippen LogP) is 1.88. The Bertz CT molecular complexity index is 731. The number of aliphatic carboxylic acids is 1. The minimum Gasteiger partial charge on any atom is -0.496 e. The molecule has 0 bridgehead atoms. The minimum absolute atomic E-state index is 0.0833. The number of aromatic nitrogens is 3. The molecule has 2 heterocycles. The predicted molar refractivity (Wildman–Crippen MR) is 80.2 cm³/mol. The molecule has 7 nitrogen and oxygen atoms in total. The number of anilines is 1. The zero-order chi connectivity index (χ0) is 15.9. The number of benzene rings is 1. The number of nitrogens with zero attached hydrogens (tertiary/aromatic N) is 3. The highest BCUT2D eigenvalue weighted by molar-refractivity contribution is 6.30. The molecular weight excluding hydrogens is 308 g/mol. The fraction of sp³-hybridized carbons (Fsp3) is 0.357. The van der Waals surface area contributed by atoms with Crippen molar-refractivity contribution >= 4 is 23.5 Å². The van der Waals surface area contributed by atoms with Crippen LogP contribution in [0, 0.1) is 0 Å². The van der Waals surface area contributed by atoms with Gasteiger partial charge in [-0.1, -0.05) is 11.6 Å². The Kier molecular flexibility index (Phi) is 3.66. The molecule has 0 saturated carbocycles. The Morgan fingerprint density at radius 2 is 2.32 bits per heavy atom. The van der Waals surface area contributed by atoms with Gasteiger partial charge in [0, 0.05) is 16.5 Å². The molecule has 0 spiro atoms. The third-order valence-corrected chi connectivity index (χ3v) is 4.11. The van der Waals surface area contributed by atoms with E-state index in [4.69, 9.17) is 22.1 Å². The minimum atomic E-state index is -0.945. The number of rotatable bonds is 3. The lowest BCUT2D eigenvalue weighted by Gasteiger charge is -2.28. The van der Waals surface area contributed by atoms with Crippen molar-refractivity contribution in [3.05, 3.63) is 34.6 Å². The van der Waals surface area contributed by atoms with Crippen LogP contribution in [0.3, 0.4) is 0 Å². The molecule has 0 radical (unpaired) electrons. The van der Waals surface area contributed by atoms with E-state index in [1.807, 2.05) is 0 Å². The van der Waals surface area contributed by atoms with Crippen molar-refractivity contribution in [1.82, 2.24) is 14.8 Å². The molecule has 1 aliphatic heterocycles. The molecule has 0 saturated heterocycles. The molecule has 1 aliphatic rings. The summed E-state index contributed by atoms with van der Waals surface area (Å²) in [6, 6.07) is 5.31. The van der Waals surface area contributed by atoms with Gasteiger partial charge in [-0.2, -0.15) is 4.98 Å². The Labute approximate surface area is 131 Å². The second-order valence-corrected chi connectivity index (χ2v) is 5.66. The van der Waals surface area contributed by atoms with Crippen LogP contribution in [0.1, 0.15) is 29.6 Å². The average molecular weight is 323 g/mol. The van der Waals surface area contributed by atoms with Gasteiger partial charge in [-0.05, 0) is 24.6 Å². The summed E-state index contributed by atoms with van der Waals surface area (Å²) in [6.07, 6.45) is 0.393. The molecule has 2 atom stereocenters. The maximum atomic E-state index is 11.5. The van der Waals surface area contributed by atoms with Gasteiger partial charge in [0.25, 0.3) is 0 Å². The van der Waals surface area contributed by atoms with Gasteiger partial charge in [0.1, 0.15) is 17.5 Å². The molecule has 22 heavy (non-hydrogen) atoms. The summed E-state index contributed by atoms with van der Waals surface area (Å²) >= 11 is 6.07. The number of hydrogen-bond donors (Lipinski definition) is 2. The normalized spacial score (nSPS) is 20.5. The van der Waals surface area contributed by atoms with Gasteiger partial charge in [0.2, 0.25) is 5.95 Å². The molecule has 0 aliphatic carbocycles. The van der Waals surface area contributed by atoms with Crippen LogP contribution < -0.4 is 10.5 Å². The van der Waals surface area contributed by atoms with E-state index in [0.717, 1.165) is 5.56 Å². The number of nitrogen functional groups attached to an aromatic ring is 1. The number of carbonyl (C=O) groups is 1. The lowest BCUT2D eigenvalue weighted by atomic mass is 9.85. The van der Waals surface area contributed by atoms with E-state index in [1.165, 1.54) is 0 Å². The van der Waals surface area contributed by atoms with Gasteiger partial charge < -0.3 is 15.6 Å². The summed E-state index contributed by atoms with van der Waals surface area (Å²) in [5, 5.41) is 14.1. The molecule has 3 rings (SSSR count). The first-order valence-electron chi connectivity index (χ1n) is 6.76. The van der Waals surface area contributed by atoms with Crippen molar-refractivity contribution < 1.29 is 14.6 Å². The van der Waals surface area contributed by atoms with Crippen molar-refractivity contribution in [2.75, 3.05) is 12.8 Å². The van der Waals surface area contributed by atoms with Crippen LogP contribution in [0.5, 0.6) is 5.75 Å². The Hall–Kier alpha value is -2.28. The molecule has 2 aromatic rings. The Morgan fingerprint density at radius 3 is 3.00 bits per heavy atom. The lowest BCUT2D eigenvalue weighted by Crippen LogP contribution is -2.28. The number of ether oxygens (including phenoxy) is 1. The monoisotopic (exact) mass is 322 g/mol. The van der Waals surface area contributed by atoms with Crippen LogP contribution in [-0.4, -0.2) is 33.0 Å². The first-order chi connectivity index (χ1) is 10.5. The van der Waals surface area contributed by atoms with Gasteiger partial charge in [-0.15, -0.1) is 5.10 Å². The number of nitrogens with two attached hydrogens (primary N) is 1. The maximum absolute atomic E-state index is 11.5. The van der Waals surface area contributed by atoms with Gasteiger partial charge in [-0.3, -0.25) is 4.79 Å². The van der Waals surface area contributed by atoms with Gasteiger partial charge in [0.15, 0.2) is 0 Å². The van der Waals surface area contributed by atoms with Gasteiger partial charge >= 0.3 is 5.97 Å². The van der Waals surface area contributed by atoms with Crippen LogP contribution >= 0.6 is 11.6 Å². The van der Waals surface area contributed by atoms with Gasteiger partial charge in [-0.25, -0.2) is 4.68 Å². The number of hydrogen-bond acceptors (Lipinski definition) is 5. The number of carboxylic acid groups (broad SMARTS) is 1. The van der Waals surface area contributed by atoms with Crippen LogP contribution in [0.4, 0.5) is 5.95 Å². The molecular formula is C14H15ClN4O3. The van der Waals surface area contributed by atoms with Crippen LogP contribution in [0.25, 0.3) is 0 Å². The largest absolute Gasteiger partial charge is 0.496 e. The quantitative estimate of drug-likeness (QED) is 0.894. The standard InChI is InChI=1S/C14H15ClN4O3/c1-22-11-3-2-8(15)5-9(11)7-4-10(13(20)21)12-17-14(16)18-19(12)6-7/h2-3,5,7,10H,4,6H2,1H3,(H2,16,18)(H,20,21). The summed E-state index contributed by atoms with van der Waals surface area (Å²) in [5.74, 6) is -0.646. The highest BCUT2D eigenvalue weighted by Gasteiger charge is 2.36. The third kappa shape index (κ3) is 2.48. The summed E-state index contributed by atoms with van der Waals surface area (Å²) < 4.78 is 6.92. The van der Waals surface area contributed by atoms with E-state index in [0.29, 0.717) is 29.6 Å². The maximum Gasteiger partial charge on any atom is 0.314 e. The van der Waals surface area contributed by atoms with E-state index in [1.54, 1.807) is 30.0 Å². The highest BCUT2D eigenvalue weighted by atomic mass is 35.5. The second-order valence-electron chi connectivity index (χ2n) is 5.22. The zero-order valence-corrected chi connectivity index (χ0v) is 12.6. The van der Waals surface area contributed by atoms with Crippen molar-refractivity contribution in [2.45, 2.75) is 24.8 Å². The molecule has 1 aromatic carbocycles. The summed E-state index contributed by atoms with van der Waals surface area (Å²) in [4.78, 5) is 15.6. The topological polar surface area (TPSA) is 103 Å². The molecule has 0 amide bonds. The fourth-order valence-corrected chi connectivity index (χ4v) is 3.08. The van der Waals surface area contributed by atoms with Crippen LogP contribution in [0.15, 0.2) is 18.2 Å². The molecule has 0 fully saturated rings. The van der Waals surface area contributed by atoms with Crippen molar-refractivity contribution in [1.29, 1.82) is 0 Å². The number of methoxy groups -OCH3 is 1. The van der Waals surface area contributed by atoms with E-state index in [9.17, 15) is 9.90 Å². The highest BCUT2D eigenvalue weighted by Crippen LogP contribution is 2.40. The van der Waals surface area contributed by atoms with E-state index < -0.39 is 11.9 Å². The molecule has 3 N–H and O–H groups in total. The first kappa shape index (κ1) is 14.6. The number of halogens is 1. The number of fused-ring (bicyclic) bond motifs is 1. The van der Waals surface area contributed by atoms with E-state index in [2.05, 4.69) is 10.1 Å². The SMILES string of the molecule is COc1ccc(Cl)cc1C1CC(C(=O)O)c2nc(N)nn2C1. The average Bonchev–Trinajstić information content (AvgIpc) is 2.85. The van der Waals surface area contributed by atoms with Crippen molar-refractivity contribution in [3.8, 4) is 5.75 Å². The summed E-state index contributed by atoms with van der Waals surface area (Å²) in [6.45, 7) is 0.486. The lowest BCUT2D eigenvalue weighted by molar-refractivity contribution is -0.139. The van der Waals surface area contributed by atoms with Crippen molar-refractivity contribution in [3.63, 3.8) is 0 Å². The second kappa shape index (κ2) is 5.49. The van der Waals surface area contributed by atoms with Crippen LogP contribution in [0.2, 0.25) is 5.02 Å². The molecule has 1 aromatic heterocycles.